The Kier molecular flexibility index (Phi) is 2.60. The van der Waals surface area contributed by atoms with E-state index in [0.29, 0.717) is 6.10 Å². The Bertz CT molecular complexity index is 373. The Hall–Kier alpha value is -1.02. The molecular formula is C14H19NO. The number of likely N-dealkylation sites (tertiary alicyclic amines) is 1. The van der Waals surface area contributed by atoms with E-state index in [1.54, 1.807) is 0 Å². The molecule has 16 heavy (non-hydrogen) atoms. The molecule has 3 rings (SSSR count). The van der Waals surface area contributed by atoms with Crippen molar-refractivity contribution in [1.82, 2.24) is 4.90 Å². The average molecular weight is 217 g/mol. The third-order valence-electron chi connectivity index (χ3n) is 3.56. The summed E-state index contributed by atoms with van der Waals surface area (Å²) in [5, 5.41) is 0. The van der Waals surface area contributed by atoms with Gasteiger partial charge in [-0.05, 0) is 49.9 Å². The van der Waals surface area contributed by atoms with Gasteiger partial charge in [0, 0.05) is 13.1 Å². The van der Waals surface area contributed by atoms with Gasteiger partial charge in [0.15, 0.2) is 0 Å². The lowest BCUT2D eigenvalue weighted by Gasteiger charge is -2.14. The molecule has 1 aliphatic heterocycles. The van der Waals surface area contributed by atoms with Gasteiger partial charge >= 0.3 is 0 Å². The van der Waals surface area contributed by atoms with Crippen LogP contribution in [0, 0.1) is 0 Å². The van der Waals surface area contributed by atoms with Gasteiger partial charge in [-0.2, -0.15) is 0 Å². The predicted molar refractivity (Wildman–Crippen MR) is 64.9 cm³/mol. The van der Waals surface area contributed by atoms with Crippen LogP contribution >= 0.6 is 0 Å². The van der Waals surface area contributed by atoms with Crippen LogP contribution in [0.2, 0.25) is 0 Å². The first-order valence-corrected chi connectivity index (χ1v) is 6.26. The van der Waals surface area contributed by atoms with Crippen molar-refractivity contribution in [2.45, 2.75) is 31.3 Å². The van der Waals surface area contributed by atoms with E-state index in [0.717, 1.165) is 31.2 Å². The van der Waals surface area contributed by atoms with Crippen LogP contribution in [0.25, 0.3) is 0 Å². The Morgan fingerprint density at radius 3 is 2.81 bits per heavy atom. The number of hydrogen-bond donors (Lipinski definition) is 0. The van der Waals surface area contributed by atoms with Crippen molar-refractivity contribution in [2.24, 2.45) is 0 Å². The zero-order valence-electron chi connectivity index (χ0n) is 9.86. The van der Waals surface area contributed by atoms with Gasteiger partial charge in [-0.3, -0.25) is 0 Å². The van der Waals surface area contributed by atoms with Crippen LogP contribution in [-0.2, 0) is 0 Å². The summed E-state index contributed by atoms with van der Waals surface area (Å²) in [5.41, 5.74) is 1.46. The lowest BCUT2D eigenvalue weighted by Crippen LogP contribution is -2.21. The molecule has 1 aliphatic carbocycles. The van der Waals surface area contributed by atoms with Crippen molar-refractivity contribution in [1.29, 1.82) is 0 Å². The largest absolute Gasteiger partial charge is 0.489 e. The molecule has 0 aromatic heterocycles. The summed E-state index contributed by atoms with van der Waals surface area (Å²) in [6, 6.07) is 8.67. The number of likely N-dealkylation sites (N-methyl/N-ethyl adjacent to an activating group) is 1. The van der Waals surface area contributed by atoms with Gasteiger partial charge in [-0.1, -0.05) is 12.1 Å². The Balaban J connectivity index is 1.67. The van der Waals surface area contributed by atoms with Gasteiger partial charge in [0.05, 0.1) is 0 Å². The Morgan fingerprint density at radius 1 is 1.25 bits per heavy atom. The molecule has 1 heterocycles. The smallest absolute Gasteiger partial charge is 0.120 e. The maximum absolute atomic E-state index is 6.02. The van der Waals surface area contributed by atoms with Gasteiger partial charge in [0.2, 0.25) is 0 Å². The van der Waals surface area contributed by atoms with Crippen molar-refractivity contribution in [3.8, 4) is 5.75 Å². The van der Waals surface area contributed by atoms with E-state index in [1.165, 1.54) is 18.4 Å². The molecule has 1 aromatic carbocycles. The van der Waals surface area contributed by atoms with Gasteiger partial charge in [0.25, 0.3) is 0 Å². The highest BCUT2D eigenvalue weighted by molar-refractivity contribution is 5.33. The van der Waals surface area contributed by atoms with E-state index in [9.17, 15) is 0 Å². The highest BCUT2D eigenvalue weighted by Gasteiger charge is 2.24. The van der Waals surface area contributed by atoms with E-state index >= 15 is 0 Å². The normalized spacial score (nSPS) is 25.9. The minimum Gasteiger partial charge on any atom is -0.489 e. The quantitative estimate of drug-likeness (QED) is 0.771. The fourth-order valence-corrected chi connectivity index (χ4v) is 2.44. The molecule has 2 aliphatic rings. The minimum atomic E-state index is 0.388. The van der Waals surface area contributed by atoms with Crippen LogP contribution in [0.4, 0.5) is 0 Å². The van der Waals surface area contributed by atoms with Crippen molar-refractivity contribution >= 4 is 0 Å². The van der Waals surface area contributed by atoms with Gasteiger partial charge in [-0.25, -0.2) is 0 Å². The monoisotopic (exact) mass is 217 g/mol. The highest BCUT2D eigenvalue weighted by atomic mass is 16.5. The third kappa shape index (κ3) is 2.22. The summed E-state index contributed by atoms with van der Waals surface area (Å²) in [4.78, 5) is 2.33. The first-order valence-electron chi connectivity index (χ1n) is 6.26. The number of benzene rings is 1. The maximum atomic E-state index is 6.02. The van der Waals surface area contributed by atoms with Gasteiger partial charge in [0.1, 0.15) is 11.9 Å². The molecule has 0 radical (unpaired) electrons. The molecule has 2 nitrogen and oxygen atoms in total. The van der Waals surface area contributed by atoms with Crippen LogP contribution in [0.3, 0.4) is 0 Å². The van der Waals surface area contributed by atoms with Crippen LogP contribution < -0.4 is 4.74 Å². The van der Waals surface area contributed by atoms with Crippen LogP contribution in [0.1, 0.15) is 30.7 Å². The molecule has 1 unspecified atom stereocenters. The fourth-order valence-electron chi connectivity index (χ4n) is 2.44. The molecule has 2 heteroatoms. The number of nitrogens with zero attached hydrogens (tertiary/aromatic N) is 1. The second-order valence-corrected chi connectivity index (χ2v) is 5.14. The second-order valence-electron chi connectivity index (χ2n) is 5.14. The zero-order valence-corrected chi connectivity index (χ0v) is 9.86. The van der Waals surface area contributed by atoms with Gasteiger partial charge < -0.3 is 9.64 Å². The average Bonchev–Trinajstić information content (AvgIpc) is 3.05. The van der Waals surface area contributed by atoms with E-state index in [-0.39, 0.29) is 0 Å². The van der Waals surface area contributed by atoms with Crippen molar-refractivity contribution in [2.75, 3.05) is 20.1 Å². The lowest BCUT2D eigenvalue weighted by molar-refractivity contribution is 0.208. The molecule has 1 saturated carbocycles. The van der Waals surface area contributed by atoms with Crippen LogP contribution in [0.15, 0.2) is 24.3 Å². The topological polar surface area (TPSA) is 12.5 Å². The van der Waals surface area contributed by atoms with E-state index in [1.807, 2.05) is 0 Å². The Morgan fingerprint density at radius 2 is 2.12 bits per heavy atom. The summed E-state index contributed by atoms with van der Waals surface area (Å²) in [6.45, 7) is 2.22. The molecule has 1 atom stereocenters. The van der Waals surface area contributed by atoms with E-state index in [4.69, 9.17) is 4.74 Å². The SMILES string of the molecule is CN1CCC(Oc2cccc(C3CC3)c2)C1. The number of ether oxygens (including phenoxy) is 1. The van der Waals surface area contributed by atoms with Crippen molar-refractivity contribution in [3.63, 3.8) is 0 Å². The van der Waals surface area contributed by atoms with Crippen molar-refractivity contribution < 1.29 is 4.74 Å². The summed E-state index contributed by atoms with van der Waals surface area (Å²) < 4.78 is 6.02. The maximum Gasteiger partial charge on any atom is 0.120 e. The first kappa shape index (κ1) is 10.2. The first-order chi connectivity index (χ1) is 7.81. The molecule has 0 spiro atoms. The summed E-state index contributed by atoms with van der Waals surface area (Å²) in [5.74, 6) is 1.87. The zero-order chi connectivity index (χ0) is 11.0. The summed E-state index contributed by atoms with van der Waals surface area (Å²) in [6.07, 6.45) is 4.26. The summed E-state index contributed by atoms with van der Waals surface area (Å²) in [7, 11) is 2.16. The molecule has 86 valence electrons. The second kappa shape index (κ2) is 4.10. The molecule has 1 aromatic rings. The molecule has 0 N–H and O–H groups in total. The highest BCUT2D eigenvalue weighted by Crippen LogP contribution is 2.41. The number of rotatable bonds is 3. The number of hydrogen-bond acceptors (Lipinski definition) is 2. The summed E-state index contributed by atoms with van der Waals surface area (Å²) >= 11 is 0. The van der Waals surface area contributed by atoms with E-state index < -0.39 is 0 Å². The molecule has 1 saturated heterocycles. The van der Waals surface area contributed by atoms with Gasteiger partial charge in [-0.15, -0.1) is 0 Å². The molecule has 0 amide bonds. The third-order valence-corrected chi connectivity index (χ3v) is 3.56. The molecule has 0 bridgehead atoms. The van der Waals surface area contributed by atoms with Crippen LogP contribution in [-0.4, -0.2) is 31.1 Å². The standard InChI is InChI=1S/C14H19NO/c1-15-8-7-14(10-15)16-13-4-2-3-12(9-13)11-5-6-11/h2-4,9,11,14H,5-8,10H2,1H3. The fraction of sp³-hybridized carbons (Fsp3) is 0.571. The Labute approximate surface area is 97.2 Å². The molecular weight excluding hydrogens is 198 g/mol. The molecule has 2 fully saturated rings. The predicted octanol–water partition coefficient (Wildman–Crippen LogP) is 2.65. The van der Waals surface area contributed by atoms with E-state index in [2.05, 4.69) is 36.2 Å². The van der Waals surface area contributed by atoms with Crippen LogP contribution in [0.5, 0.6) is 5.75 Å². The lowest BCUT2D eigenvalue weighted by atomic mass is 10.1. The van der Waals surface area contributed by atoms with Crippen molar-refractivity contribution in [3.05, 3.63) is 29.8 Å². The minimum absolute atomic E-state index is 0.388.